The molecule has 2 aromatic heterocycles. The molecule has 0 spiro atoms. The summed E-state index contributed by atoms with van der Waals surface area (Å²) in [5, 5.41) is 2.81. The predicted octanol–water partition coefficient (Wildman–Crippen LogP) is 5.69. The van der Waals surface area contributed by atoms with Crippen LogP contribution in [-0.4, -0.2) is 41.5 Å². The molecule has 1 N–H and O–H groups in total. The van der Waals surface area contributed by atoms with Crippen molar-refractivity contribution >= 4 is 23.3 Å². The minimum Gasteiger partial charge on any atom is -0.380 e. The van der Waals surface area contributed by atoms with Crippen LogP contribution in [0, 0.1) is 12.3 Å². The summed E-state index contributed by atoms with van der Waals surface area (Å²) in [6.07, 6.45) is 3.69. The molecule has 2 aliphatic rings. The number of anilines is 2. The number of fused-ring (bicyclic) bond motifs is 3. The fourth-order valence-electron chi connectivity index (χ4n) is 5.44. The highest BCUT2D eigenvalue weighted by Crippen LogP contribution is 2.50. The van der Waals surface area contributed by atoms with Gasteiger partial charge in [-0.2, -0.15) is 8.78 Å². The normalized spacial score (nSPS) is 21.1. The lowest BCUT2D eigenvalue weighted by atomic mass is 9.67. The highest BCUT2D eigenvalue weighted by molar-refractivity contribution is 6.04. The molecule has 0 bridgehead atoms. The zero-order valence-corrected chi connectivity index (χ0v) is 21.8. The fourth-order valence-corrected chi connectivity index (χ4v) is 5.44. The number of aryl methyl sites for hydroxylation is 1. The Balaban J connectivity index is 1.49. The number of aromatic nitrogens is 2. The van der Waals surface area contributed by atoms with Gasteiger partial charge in [0, 0.05) is 60.8 Å². The Labute approximate surface area is 220 Å². The van der Waals surface area contributed by atoms with E-state index < -0.39 is 22.9 Å². The number of benzene rings is 1. The number of carbonyl (C=O) groups excluding carboxylic acids is 2. The zero-order chi connectivity index (χ0) is 27.2. The number of amides is 2. The molecular formula is C29H30F2N4O3. The summed E-state index contributed by atoms with van der Waals surface area (Å²) in [5.74, 6) is -2.93. The van der Waals surface area contributed by atoms with Gasteiger partial charge in [0.15, 0.2) is 0 Å². The third-order valence-corrected chi connectivity index (χ3v) is 7.58. The van der Waals surface area contributed by atoms with Gasteiger partial charge in [0.25, 0.3) is 11.8 Å². The van der Waals surface area contributed by atoms with Crippen molar-refractivity contribution in [1.29, 1.82) is 0 Å². The number of hydrogen-bond acceptors (Lipinski definition) is 5. The van der Waals surface area contributed by atoms with E-state index in [1.54, 1.807) is 17.2 Å². The van der Waals surface area contributed by atoms with E-state index in [2.05, 4.69) is 16.4 Å². The third kappa shape index (κ3) is 4.45. The molecule has 9 heteroatoms. The van der Waals surface area contributed by atoms with E-state index >= 15 is 0 Å². The average molecular weight is 521 g/mol. The van der Waals surface area contributed by atoms with Crippen LogP contribution in [0.1, 0.15) is 60.3 Å². The second-order valence-corrected chi connectivity index (χ2v) is 10.3. The maximum atomic E-state index is 13.7. The number of halogens is 2. The van der Waals surface area contributed by atoms with E-state index in [9.17, 15) is 18.4 Å². The van der Waals surface area contributed by atoms with Crippen LogP contribution in [0.3, 0.4) is 0 Å². The van der Waals surface area contributed by atoms with E-state index in [-0.39, 0.29) is 17.4 Å². The number of hydrogen-bond donors (Lipinski definition) is 1. The van der Waals surface area contributed by atoms with Gasteiger partial charge in [0.05, 0.1) is 12.0 Å². The Morgan fingerprint density at radius 2 is 2.03 bits per heavy atom. The molecule has 1 fully saturated rings. The lowest BCUT2D eigenvalue weighted by Crippen LogP contribution is -2.54. The van der Waals surface area contributed by atoms with Crippen molar-refractivity contribution in [3.8, 4) is 11.1 Å². The summed E-state index contributed by atoms with van der Waals surface area (Å²) in [5.41, 5.74) is 3.26. The summed E-state index contributed by atoms with van der Waals surface area (Å²) in [6, 6.07) is 10.1. The number of nitrogens with zero attached hydrogens (tertiary/aromatic N) is 3. The largest absolute Gasteiger partial charge is 0.380 e. The van der Waals surface area contributed by atoms with Gasteiger partial charge in [-0.15, -0.1) is 0 Å². The van der Waals surface area contributed by atoms with Crippen LogP contribution in [0.25, 0.3) is 11.1 Å². The first-order chi connectivity index (χ1) is 18.0. The number of alkyl halides is 2. The van der Waals surface area contributed by atoms with E-state index in [4.69, 9.17) is 9.72 Å². The van der Waals surface area contributed by atoms with Crippen LogP contribution >= 0.6 is 0 Å². The van der Waals surface area contributed by atoms with Gasteiger partial charge < -0.3 is 10.1 Å². The van der Waals surface area contributed by atoms with Crippen molar-refractivity contribution in [2.45, 2.75) is 46.0 Å². The van der Waals surface area contributed by atoms with E-state index in [1.807, 2.05) is 32.9 Å². The first kappa shape index (κ1) is 25.9. The number of pyridine rings is 2. The van der Waals surface area contributed by atoms with Crippen LogP contribution in [0.4, 0.5) is 20.3 Å². The van der Waals surface area contributed by atoms with Crippen LogP contribution in [0.15, 0.2) is 48.8 Å². The topological polar surface area (TPSA) is 84.4 Å². The lowest BCUT2D eigenvalue weighted by Gasteiger charge is -2.47. The first-order valence-corrected chi connectivity index (χ1v) is 12.7. The van der Waals surface area contributed by atoms with Crippen molar-refractivity contribution in [2.24, 2.45) is 5.41 Å². The monoisotopic (exact) mass is 520 g/mol. The third-order valence-electron chi connectivity index (χ3n) is 7.58. The van der Waals surface area contributed by atoms with Gasteiger partial charge >= 0.3 is 0 Å². The molecule has 2 aliphatic heterocycles. The summed E-state index contributed by atoms with van der Waals surface area (Å²) in [6.45, 7) is 8.10. The number of carbonyl (C=O) groups is 2. The fraction of sp³-hybridized carbons (Fsp3) is 0.379. The highest BCUT2D eigenvalue weighted by atomic mass is 19.3. The zero-order valence-electron chi connectivity index (χ0n) is 21.8. The Morgan fingerprint density at radius 3 is 2.76 bits per heavy atom. The van der Waals surface area contributed by atoms with Crippen LogP contribution in [-0.2, 0) is 15.5 Å². The van der Waals surface area contributed by atoms with Crippen molar-refractivity contribution in [3.05, 3.63) is 71.2 Å². The molecule has 0 radical (unpaired) electrons. The second kappa shape index (κ2) is 9.54. The molecule has 38 heavy (non-hydrogen) atoms. The van der Waals surface area contributed by atoms with Crippen molar-refractivity contribution in [3.63, 3.8) is 0 Å². The van der Waals surface area contributed by atoms with Crippen LogP contribution in [0.2, 0.25) is 0 Å². The van der Waals surface area contributed by atoms with E-state index in [0.717, 1.165) is 41.7 Å². The predicted molar refractivity (Wildman–Crippen MR) is 140 cm³/mol. The molecule has 7 nitrogen and oxygen atoms in total. The molecule has 1 aromatic carbocycles. The summed E-state index contributed by atoms with van der Waals surface area (Å²) in [4.78, 5) is 36.4. The standard InChI is InChI=1S/C29H30F2N4O3/c1-5-35-25-22(23-9-11-38-16-28(23,3)27(35)37)12-19(15-33-25)21-14-20(7-6-17(21)2)34-26(36)18-8-10-32-24(13-18)29(4,30)31/h6-8,10,12-15,23H,5,9,11,16H2,1-4H3,(H,34,36). The van der Waals surface area contributed by atoms with Crippen LogP contribution < -0.4 is 10.2 Å². The summed E-state index contributed by atoms with van der Waals surface area (Å²) >= 11 is 0. The molecular weight excluding hydrogens is 490 g/mol. The molecule has 2 unspecified atom stereocenters. The van der Waals surface area contributed by atoms with Gasteiger partial charge in [-0.05, 0) is 68.7 Å². The number of ether oxygens (including phenoxy) is 1. The maximum absolute atomic E-state index is 13.7. The minimum absolute atomic E-state index is 0.00484. The molecule has 0 aliphatic carbocycles. The molecule has 2 amide bonds. The maximum Gasteiger partial charge on any atom is 0.286 e. The molecule has 5 rings (SSSR count). The number of rotatable bonds is 5. The second-order valence-electron chi connectivity index (χ2n) is 10.3. The highest BCUT2D eigenvalue weighted by Gasteiger charge is 2.51. The molecule has 198 valence electrons. The Morgan fingerprint density at radius 1 is 1.24 bits per heavy atom. The molecule has 0 saturated carbocycles. The van der Waals surface area contributed by atoms with E-state index in [1.165, 1.54) is 12.3 Å². The van der Waals surface area contributed by atoms with Gasteiger partial charge in [0.1, 0.15) is 11.5 Å². The van der Waals surface area contributed by atoms with Crippen molar-refractivity contribution < 1.29 is 23.1 Å². The van der Waals surface area contributed by atoms with Gasteiger partial charge in [-0.3, -0.25) is 19.5 Å². The Kier molecular flexibility index (Phi) is 6.51. The van der Waals surface area contributed by atoms with E-state index in [0.29, 0.717) is 31.3 Å². The Hall–Kier alpha value is -3.72. The van der Waals surface area contributed by atoms with Crippen molar-refractivity contribution in [2.75, 3.05) is 30.0 Å². The smallest absolute Gasteiger partial charge is 0.286 e. The van der Waals surface area contributed by atoms with Gasteiger partial charge in [-0.1, -0.05) is 6.07 Å². The van der Waals surface area contributed by atoms with Gasteiger partial charge in [-0.25, -0.2) is 4.98 Å². The summed E-state index contributed by atoms with van der Waals surface area (Å²) in [7, 11) is 0. The lowest BCUT2D eigenvalue weighted by molar-refractivity contribution is -0.137. The Bertz CT molecular complexity index is 1420. The first-order valence-electron chi connectivity index (χ1n) is 12.7. The SMILES string of the molecule is CCN1C(=O)C2(C)COCCC2c2cc(-c3cc(NC(=O)c4ccnc(C(C)(F)F)c4)ccc3C)cnc21. The molecule has 2 atom stereocenters. The average Bonchev–Trinajstić information content (AvgIpc) is 2.90. The van der Waals surface area contributed by atoms with Gasteiger partial charge in [0.2, 0.25) is 5.91 Å². The quantitative estimate of drug-likeness (QED) is 0.467. The summed E-state index contributed by atoms with van der Waals surface area (Å²) < 4.78 is 33.1. The van der Waals surface area contributed by atoms with Crippen molar-refractivity contribution in [1.82, 2.24) is 9.97 Å². The molecule has 1 saturated heterocycles. The number of nitrogens with one attached hydrogen (secondary N) is 1. The molecule has 4 heterocycles. The van der Waals surface area contributed by atoms with Crippen LogP contribution in [0.5, 0.6) is 0 Å². The molecule has 3 aromatic rings. The minimum atomic E-state index is -3.15.